The van der Waals surface area contributed by atoms with Gasteiger partial charge in [0.1, 0.15) is 5.75 Å². The number of hydrogen-bond acceptors (Lipinski definition) is 2. The van der Waals surface area contributed by atoms with Crippen molar-refractivity contribution in [1.29, 1.82) is 0 Å². The molecular formula is C27H35NO. The second-order valence-corrected chi connectivity index (χ2v) is 10.1. The minimum atomic E-state index is 0.152. The first-order valence-electron chi connectivity index (χ1n) is 10.6. The summed E-state index contributed by atoms with van der Waals surface area (Å²) in [7, 11) is 0. The molecule has 2 aromatic rings. The van der Waals surface area contributed by atoms with E-state index in [1.54, 1.807) is 0 Å². The van der Waals surface area contributed by atoms with Crippen LogP contribution in [0.5, 0.6) is 5.75 Å². The Balaban J connectivity index is 1.90. The van der Waals surface area contributed by atoms with Gasteiger partial charge in [0, 0.05) is 17.1 Å². The van der Waals surface area contributed by atoms with E-state index in [-0.39, 0.29) is 10.8 Å². The summed E-state index contributed by atoms with van der Waals surface area (Å²) in [6, 6.07) is 19.1. The maximum Gasteiger partial charge on any atom is 0.119 e. The van der Waals surface area contributed by atoms with Gasteiger partial charge in [-0.25, -0.2) is 0 Å². The lowest BCUT2D eigenvalue weighted by Gasteiger charge is -2.32. The fourth-order valence-electron chi connectivity index (χ4n) is 3.49. The quantitative estimate of drug-likeness (QED) is 0.515. The Morgan fingerprint density at radius 1 is 0.759 bits per heavy atom. The molecule has 0 atom stereocenters. The van der Waals surface area contributed by atoms with Gasteiger partial charge in [0.15, 0.2) is 0 Å². The molecule has 1 aliphatic rings. The molecule has 0 bridgehead atoms. The van der Waals surface area contributed by atoms with Crippen molar-refractivity contribution in [1.82, 2.24) is 0 Å². The molecule has 0 amide bonds. The summed E-state index contributed by atoms with van der Waals surface area (Å²) in [5.74, 6) is 0.921. The van der Waals surface area contributed by atoms with Gasteiger partial charge in [0.2, 0.25) is 0 Å². The number of allylic oxidation sites excluding steroid dienone is 4. The SMILES string of the molecule is CC(C)(C)COc1ccc(N(C2=CC=C(C(C)(C)C)CC2)c2ccccc2)cc1. The monoisotopic (exact) mass is 389 g/mol. The fraction of sp³-hybridized carbons (Fsp3) is 0.407. The van der Waals surface area contributed by atoms with E-state index in [9.17, 15) is 0 Å². The molecule has 2 heteroatoms. The largest absolute Gasteiger partial charge is 0.493 e. The molecule has 0 saturated heterocycles. The van der Waals surface area contributed by atoms with Crippen LogP contribution in [0.3, 0.4) is 0 Å². The molecule has 3 rings (SSSR count). The molecule has 0 fully saturated rings. The lowest BCUT2D eigenvalue weighted by Crippen LogP contribution is -2.20. The molecule has 0 unspecified atom stereocenters. The van der Waals surface area contributed by atoms with Crippen LogP contribution in [0, 0.1) is 10.8 Å². The molecule has 2 nitrogen and oxygen atoms in total. The third-order valence-electron chi connectivity index (χ3n) is 5.16. The van der Waals surface area contributed by atoms with Crippen molar-refractivity contribution >= 4 is 11.4 Å². The molecular weight excluding hydrogens is 354 g/mol. The summed E-state index contributed by atoms with van der Waals surface area (Å²) in [5.41, 5.74) is 5.57. The van der Waals surface area contributed by atoms with E-state index in [4.69, 9.17) is 4.74 Å². The predicted octanol–water partition coefficient (Wildman–Crippen LogP) is 7.90. The Hall–Kier alpha value is -2.48. The number of rotatable bonds is 5. The van der Waals surface area contributed by atoms with Crippen LogP contribution in [0.25, 0.3) is 0 Å². The summed E-state index contributed by atoms with van der Waals surface area (Å²) in [6.07, 6.45) is 6.75. The molecule has 0 heterocycles. The molecule has 0 spiro atoms. The second kappa shape index (κ2) is 8.49. The first-order valence-corrected chi connectivity index (χ1v) is 10.6. The Morgan fingerprint density at radius 3 is 1.90 bits per heavy atom. The minimum absolute atomic E-state index is 0.152. The molecule has 0 saturated carbocycles. The first kappa shape index (κ1) is 21.2. The summed E-state index contributed by atoms with van der Waals surface area (Å²) >= 11 is 0. The van der Waals surface area contributed by atoms with E-state index < -0.39 is 0 Å². The molecule has 0 N–H and O–H groups in total. The Kier molecular flexibility index (Phi) is 6.21. The van der Waals surface area contributed by atoms with E-state index >= 15 is 0 Å². The number of ether oxygens (including phenoxy) is 1. The lowest BCUT2D eigenvalue weighted by atomic mass is 9.81. The van der Waals surface area contributed by atoms with Crippen molar-refractivity contribution in [3.05, 3.63) is 78.0 Å². The molecule has 0 aromatic heterocycles. The van der Waals surface area contributed by atoms with Crippen LogP contribution < -0.4 is 9.64 Å². The van der Waals surface area contributed by atoms with Gasteiger partial charge in [0.05, 0.1) is 6.61 Å². The number of anilines is 2. The van der Waals surface area contributed by atoms with Crippen LogP contribution in [0.1, 0.15) is 54.4 Å². The van der Waals surface area contributed by atoms with Crippen molar-refractivity contribution in [3.63, 3.8) is 0 Å². The van der Waals surface area contributed by atoms with Gasteiger partial charge >= 0.3 is 0 Å². The normalized spacial score (nSPS) is 14.8. The van der Waals surface area contributed by atoms with Crippen LogP contribution in [-0.2, 0) is 0 Å². The number of hydrogen-bond donors (Lipinski definition) is 0. The fourth-order valence-corrected chi connectivity index (χ4v) is 3.49. The van der Waals surface area contributed by atoms with Crippen LogP contribution in [0.2, 0.25) is 0 Å². The van der Waals surface area contributed by atoms with Crippen LogP contribution >= 0.6 is 0 Å². The molecule has 0 aliphatic heterocycles. The van der Waals surface area contributed by atoms with E-state index in [1.807, 2.05) is 0 Å². The zero-order valence-electron chi connectivity index (χ0n) is 18.8. The van der Waals surface area contributed by atoms with Gasteiger partial charge in [-0.05, 0) is 66.1 Å². The minimum Gasteiger partial charge on any atom is -0.493 e. The van der Waals surface area contributed by atoms with Gasteiger partial charge in [-0.1, -0.05) is 71.4 Å². The van der Waals surface area contributed by atoms with Gasteiger partial charge in [-0.2, -0.15) is 0 Å². The number of nitrogens with zero attached hydrogens (tertiary/aromatic N) is 1. The number of benzene rings is 2. The van der Waals surface area contributed by atoms with E-state index in [1.165, 1.54) is 17.0 Å². The van der Waals surface area contributed by atoms with Crippen LogP contribution in [-0.4, -0.2) is 6.61 Å². The van der Waals surface area contributed by atoms with Crippen molar-refractivity contribution in [2.45, 2.75) is 54.4 Å². The highest BCUT2D eigenvalue weighted by molar-refractivity contribution is 5.69. The van der Waals surface area contributed by atoms with Crippen molar-refractivity contribution in [2.75, 3.05) is 11.5 Å². The molecule has 1 aliphatic carbocycles. The Labute approximate surface area is 176 Å². The standard InChI is InChI=1S/C27H35NO/c1-26(2,3)20-29-25-18-16-24(17-19-25)28(22-10-8-7-9-11-22)23-14-12-21(13-15-23)27(4,5)6/h7-12,14,16-19H,13,15,20H2,1-6H3. The third kappa shape index (κ3) is 5.76. The van der Waals surface area contributed by atoms with Gasteiger partial charge in [-0.3, -0.25) is 0 Å². The highest BCUT2D eigenvalue weighted by Crippen LogP contribution is 2.38. The molecule has 2 aromatic carbocycles. The zero-order chi connectivity index (χ0) is 21.1. The summed E-state index contributed by atoms with van der Waals surface area (Å²) in [4.78, 5) is 2.36. The predicted molar refractivity (Wildman–Crippen MR) is 125 cm³/mol. The highest BCUT2D eigenvalue weighted by Gasteiger charge is 2.22. The Morgan fingerprint density at radius 2 is 1.38 bits per heavy atom. The highest BCUT2D eigenvalue weighted by atomic mass is 16.5. The molecule has 0 radical (unpaired) electrons. The van der Waals surface area contributed by atoms with Crippen molar-refractivity contribution < 1.29 is 4.74 Å². The molecule has 29 heavy (non-hydrogen) atoms. The van der Waals surface area contributed by atoms with Gasteiger partial charge < -0.3 is 9.64 Å². The maximum atomic E-state index is 5.97. The van der Waals surface area contributed by atoms with Crippen LogP contribution in [0.15, 0.2) is 78.0 Å². The number of para-hydroxylation sites is 1. The zero-order valence-corrected chi connectivity index (χ0v) is 18.8. The topological polar surface area (TPSA) is 12.5 Å². The Bertz CT molecular complexity index is 861. The van der Waals surface area contributed by atoms with E-state index in [2.05, 4.69) is 113 Å². The third-order valence-corrected chi connectivity index (χ3v) is 5.16. The summed E-state index contributed by atoms with van der Waals surface area (Å²) in [5, 5.41) is 0. The van der Waals surface area contributed by atoms with Crippen molar-refractivity contribution in [3.8, 4) is 5.75 Å². The van der Waals surface area contributed by atoms with Gasteiger partial charge in [0.25, 0.3) is 0 Å². The average Bonchev–Trinajstić information content (AvgIpc) is 2.68. The van der Waals surface area contributed by atoms with E-state index in [0.717, 1.165) is 24.3 Å². The maximum absolute atomic E-state index is 5.97. The van der Waals surface area contributed by atoms with Crippen LogP contribution in [0.4, 0.5) is 11.4 Å². The lowest BCUT2D eigenvalue weighted by molar-refractivity contribution is 0.198. The van der Waals surface area contributed by atoms with E-state index in [0.29, 0.717) is 6.61 Å². The first-order chi connectivity index (χ1) is 13.6. The summed E-state index contributed by atoms with van der Waals surface area (Å²) < 4.78 is 5.97. The van der Waals surface area contributed by atoms with Gasteiger partial charge in [-0.15, -0.1) is 0 Å². The molecule has 154 valence electrons. The van der Waals surface area contributed by atoms with Crippen molar-refractivity contribution in [2.24, 2.45) is 10.8 Å². The second-order valence-electron chi connectivity index (χ2n) is 10.1. The summed E-state index contributed by atoms with van der Waals surface area (Å²) in [6.45, 7) is 14.2. The smallest absolute Gasteiger partial charge is 0.119 e. The average molecular weight is 390 g/mol.